The Kier molecular flexibility index (Phi) is 2.86. The molecule has 0 aliphatic heterocycles. The normalized spacial score (nSPS) is 16.4. The van der Waals surface area contributed by atoms with Gasteiger partial charge in [-0.3, -0.25) is 0 Å². The van der Waals surface area contributed by atoms with Crippen LogP contribution >= 0.6 is 0 Å². The monoisotopic (exact) mass is 202 g/mol. The van der Waals surface area contributed by atoms with Crippen LogP contribution in [0, 0.1) is 0 Å². The van der Waals surface area contributed by atoms with E-state index in [1.54, 1.807) is 11.1 Å². The molecule has 0 atom stereocenters. The molecule has 1 aliphatic rings. The number of benzene rings is 1. The van der Waals surface area contributed by atoms with Gasteiger partial charge in [0.25, 0.3) is 0 Å². The van der Waals surface area contributed by atoms with E-state index in [0.717, 1.165) is 5.92 Å². The van der Waals surface area contributed by atoms with Gasteiger partial charge in [-0.1, -0.05) is 45.9 Å². The van der Waals surface area contributed by atoms with Crippen molar-refractivity contribution in [1.29, 1.82) is 0 Å². The molecule has 15 heavy (non-hydrogen) atoms. The zero-order valence-corrected chi connectivity index (χ0v) is 10.4. The van der Waals surface area contributed by atoms with E-state index in [1.807, 2.05) is 0 Å². The summed E-state index contributed by atoms with van der Waals surface area (Å²) in [5.74, 6) is 2.19. The van der Waals surface area contributed by atoms with Gasteiger partial charge in [0, 0.05) is 0 Å². The molecule has 0 aromatic heterocycles. The fraction of sp³-hybridized carbons (Fsp3) is 0.600. The van der Waals surface area contributed by atoms with Crippen LogP contribution in [-0.2, 0) is 0 Å². The van der Waals surface area contributed by atoms with Gasteiger partial charge < -0.3 is 0 Å². The summed E-state index contributed by atoms with van der Waals surface area (Å²) in [5.41, 5.74) is 4.70. The Bertz CT molecular complexity index is 343. The molecule has 0 radical (unpaired) electrons. The van der Waals surface area contributed by atoms with E-state index in [0.29, 0.717) is 11.8 Å². The largest absolute Gasteiger partial charge is 0.0587 e. The zero-order valence-electron chi connectivity index (χ0n) is 10.4. The van der Waals surface area contributed by atoms with Crippen molar-refractivity contribution in [3.8, 4) is 0 Å². The van der Waals surface area contributed by atoms with Crippen molar-refractivity contribution >= 4 is 0 Å². The Morgan fingerprint density at radius 3 is 2.13 bits per heavy atom. The van der Waals surface area contributed by atoms with Crippen molar-refractivity contribution in [1.82, 2.24) is 0 Å². The molecule has 2 rings (SSSR count). The van der Waals surface area contributed by atoms with Crippen LogP contribution in [-0.4, -0.2) is 0 Å². The van der Waals surface area contributed by atoms with Gasteiger partial charge in [0.1, 0.15) is 0 Å². The molecule has 0 spiro atoms. The molecular formula is C15H22. The predicted molar refractivity (Wildman–Crippen MR) is 66.6 cm³/mol. The van der Waals surface area contributed by atoms with Gasteiger partial charge >= 0.3 is 0 Å². The second-order valence-electron chi connectivity index (χ2n) is 5.47. The fourth-order valence-electron chi connectivity index (χ4n) is 2.22. The van der Waals surface area contributed by atoms with E-state index < -0.39 is 0 Å². The molecule has 1 fully saturated rings. The topological polar surface area (TPSA) is 0 Å². The Labute approximate surface area is 93.7 Å². The molecule has 0 heterocycles. The maximum atomic E-state index is 2.43. The first kappa shape index (κ1) is 10.7. The summed E-state index contributed by atoms with van der Waals surface area (Å²) in [6.07, 6.45) is 2.81. The van der Waals surface area contributed by atoms with E-state index in [-0.39, 0.29) is 0 Å². The molecule has 0 saturated heterocycles. The number of hydrogen-bond donors (Lipinski definition) is 0. The van der Waals surface area contributed by atoms with Gasteiger partial charge in [-0.2, -0.15) is 0 Å². The maximum absolute atomic E-state index is 2.43. The predicted octanol–water partition coefficient (Wildman–Crippen LogP) is 4.81. The summed E-state index contributed by atoms with van der Waals surface area (Å²) < 4.78 is 0. The highest BCUT2D eigenvalue weighted by atomic mass is 14.3. The molecule has 82 valence electrons. The van der Waals surface area contributed by atoms with Gasteiger partial charge in [-0.05, 0) is 47.3 Å². The summed E-state index contributed by atoms with van der Waals surface area (Å²) in [6, 6.07) is 7.13. The summed E-state index contributed by atoms with van der Waals surface area (Å²) in [7, 11) is 0. The van der Waals surface area contributed by atoms with Crippen LogP contribution in [0.2, 0.25) is 0 Å². The lowest BCUT2D eigenvalue weighted by Crippen LogP contribution is -1.98. The third-order valence-corrected chi connectivity index (χ3v) is 3.42. The molecule has 1 saturated carbocycles. The SMILES string of the molecule is CC(C)c1ccc(C2CC2)c(C(C)C)c1. The average Bonchev–Trinajstić information content (AvgIpc) is 2.99. The molecule has 0 amide bonds. The molecule has 0 bridgehead atoms. The quantitative estimate of drug-likeness (QED) is 0.659. The van der Waals surface area contributed by atoms with Crippen LogP contribution in [0.3, 0.4) is 0 Å². The molecule has 0 unspecified atom stereocenters. The van der Waals surface area contributed by atoms with Gasteiger partial charge in [0.2, 0.25) is 0 Å². The van der Waals surface area contributed by atoms with Crippen LogP contribution in [0.15, 0.2) is 18.2 Å². The second kappa shape index (κ2) is 4.00. The molecular weight excluding hydrogens is 180 g/mol. The second-order valence-corrected chi connectivity index (χ2v) is 5.47. The van der Waals surface area contributed by atoms with Crippen molar-refractivity contribution in [3.05, 3.63) is 34.9 Å². The number of rotatable bonds is 3. The van der Waals surface area contributed by atoms with Gasteiger partial charge in [-0.15, -0.1) is 0 Å². The van der Waals surface area contributed by atoms with E-state index >= 15 is 0 Å². The fourth-order valence-corrected chi connectivity index (χ4v) is 2.22. The summed E-state index contributed by atoms with van der Waals surface area (Å²) in [6.45, 7) is 9.17. The third kappa shape index (κ3) is 2.25. The van der Waals surface area contributed by atoms with Crippen molar-refractivity contribution in [3.63, 3.8) is 0 Å². The van der Waals surface area contributed by atoms with Gasteiger partial charge in [0.15, 0.2) is 0 Å². The third-order valence-electron chi connectivity index (χ3n) is 3.42. The first-order chi connectivity index (χ1) is 7.09. The van der Waals surface area contributed by atoms with Crippen LogP contribution in [0.25, 0.3) is 0 Å². The van der Waals surface area contributed by atoms with Crippen molar-refractivity contribution in [2.24, 2.45) is 0 Å². The first-order valence-electron chi connectivity index (χ1n) is 6.23. The summed E-state index contributed by atoms with van der Waals surface area (Å²) in [5, 5.41) is 0. The number of hydrogen-bond acceptors (Lipinski definition) is 0. The van der Waals surface area contributed by atoms with E-state index in [4.69, 9.17) is 0 Å². The highest BCUT2D eigenvalue weighted by Crippen LogP contribution is 2.43. The smallest absolute Gasteiger partial charge is 0.0159 e. The van der Waals surface area contributed by atoms with Crippen molar-refractivity contribution in [2.75, 3.05) is 0 Å². The molecule has 0 nitrogen and oxygen atoms in total. The Balaban J connectivity index is 2.39. The van der Waals surface area contributed by atoms with Crippen LogP contribution < -0.4 is 0 Å². The van der Waals surface area contributed by atoms with E-state index in [9.17, 15) is 0 Å². The lowest BCUT2D eigenvalue weighted by Gasteiger charge is -2.16. The minimum atomic E-state index is 0.649. The van der Waals surface area contributed by atoms with E-state index in [1.165, 1.54) is 18.4 Å². The molecule has 1 aromatic carbocycles. The van der Waals surface area contributed by atoms with Crippen LogP contribution in [0.1, 0.15) is 75.0 Å². The summed E-state index contributed by atoms with van der Waals surface area (Å²) >= 11 is 0. The molecule has 1 aromatic rings. The van der Waals surface area contributed by atoms with Gasteiger partial charge in [0.05, 0.1) is 0 Å². The lowest BCUT2D eigenvalue weighted by atomic mass is 9.90. The van der Waals surface area contributed by atoms with Gasteiger partial charge in [-0.25, -0.2) is 0 Å². The maximum Gasteiger partial charge on any atom is -0.0159 e. The van der Waals surface area contributed by atoms with Crippen LogP contribution in [0.5, 0.6) is 0 Å². The minimum absolute atomic E-state index is 0.649. The standard InChI is InChI=1S/C15H22/c1-10(2)13-7-8-14(12-5-6-12)15(9-13)11(3)4/h7-12H,5-6H2,1-4H3. The van der Waals surface area contributed by atoms with E-state index in [2.05, 4.69) is 45.9 Å². The molecule has 1 aliphatic carbocycles. The van der Waals surface area contributed by atoms with Crippen molar-refractivity contribution in [2.45, 2.75) is 58.3 Å². The lowest BCUT2D eigenvalue weighted by molar-refractivity contribution is 0.816. The minimum Gasteiger partial charge on any atom is -0.0587 e. The highest BCUT2D eigenvalue weighted by Gasteiger charge is 2.26. The van der Waals surface area contributed by atoms with Crippen molar-refractivity contribution < 1.29 is 0 Å². The Hall–Kier alpha value is -0.780. The zero-order chi connectivity index (χ0) is 11.0. The highest BCUT2D eigenvalue weighted by molar-refractivity contribution is 5.39. The Morgan fingerprint density at radius 1 is 1.00 bits per heavy atom. The van der Waals surface area contributed by atoms with Crippen LogP contribution in [0.4, 0.5) is 0 Å². The first-order valence-corrected chi connectivity index (χ1v) is 6.23. The molecule has 0 N–H and O–H groups in total. The Morgan fingerprint density at radius 2 is 1.67 bits per heavy atom. The molecule has 0 heteroatoms. The average molecular weight is 202 g/mol. The summed E-state index contributed by atoms with van der Waals surface area (Å²) in [4.78, 5) is 0.